The Kier molecular flexibility index (Phi) is 5.66. The molecule has 2 aliphatic rings. The zero-order valence-corrected chi connectivity index (χ0v) is 18.6. The van der Waals surface area contributed by atoms with Gasteiger partial charge in [0.25, 0.3) is 5.69 Å². The van der Waals surface area contributed by atoms with Crippen LogP contribution in [0.25, 0.3) is 0 Å². The monoisotopic (exact) mass is 479 g/mol. The summed E-state index contributed by atoms with van der Waals surface area (Å²) in [5, 5.41) is 17.4. The van der Waals surface area contributed by atoms with Crippen LogP contribution in [-0.4, -0.2) is 68.4 Å². The number of fused-ring (bicyclic) bond motifs is 1. The number of methoxy groups -OCH3 is 1. The molecule has 176 valence electrons. The topological polar surface area (TPSA) is 164 Å². The summed E-state index contributed by atoms with van der Waals surface area (Å²) in [6.07, 6.45) is 1.22. The minimum absolute atomic E-state index is 0.117. The van der Waals surface area contributed by atoms with Gasteiger partial charge in [0, 0.05) is 19.2 Å². The fourth-order valence-electron chi connectivity index (χ4n) is 4.19. The van der Waals surface area contributed by atoms with Gasteiger partial charge in [-0.1, -0.05) is 5.21 Å². The van der Waals surface area contributed by atoms with Crippen LogP contribution in [0.3, 0.4) is 0 Å². The highest BCUT2D eigenvalue weighted by Crippen LogP contribution is 2.47. The summed E-state index contributed by atoms with van der Waals surface area (Å²) in [5.41, 5.74) is 0.863. The molecule has 3 atom stereocenters. The van der Waals surface area contributed by atoms with Crippen molar-refractivity contribution in [1.29, 1.82) is 0 Å². The molecule has 0 radical (unpaired) electrons. The molecule has 2 fully saturated rings. The number of nitrogens with zero attached hydrogens (tertiary/aromatic N) is 5. The molecule has 0 spiro atoms. The number of sulfone groups is 1. The standard InChI is InChI=1S/C19H21N5O8S/c1-19(11-22-14(10-31-2)8-20-21-22)17(23-15(25)7-16(23)33(19,29)30)18(26)32-9-12-3-5-13(6-4-12)24(27)28/h3-6,8,16-17H,7,9-11H2,1-2H3/t16-,17+,19+/m1/s1. The number of nitro groups is 1. The lowest BCUT2D eigenvalue weighted by molar-refractivity contribution is -0.384. The van der Waals surface area contributed by atoms with Gasteiger partial charge in [0.1, 0.15) is 16.7 Å². The summed E-state index contributed by atoms with van der Waals surface area (Å²) in [5.74, 6) is -1.34. The van der Waals surface area contributed by atoms with Crippen LogP contribution in [0.15, 0.2) is 30.5 Å². The second kappa shape index (κ2) is 8.19. The van der Waals surface area contributed by atoms with E-state index in [9.17, 15) is 28.1 Å². The van der Waals surface area contributed by atoms with Crippen LogP contribution in [0.1, 0.15) is 24.6 Å². The smallest absolute Gasteiger partial charge is 0.330 e. The second-order valence-electron chi connectivity index (χ2n) is 8.07. The minimum Gasteiger partial charge on any atom is -0.459 e. The Morgan fingerprint density at radius 1 is 1.30 bits per heavy atom. The summed E-state index contributed by atoms with van der Waals surface area (Å²) in [4.78, 5) is 36.7. The van der Waals surface area contributed by atoms with Gasteiger partial charge in [0.15, 0.2) is 15.9 Å². The summed E-state index contributed by atoms with van der Waals surface area (Å²) < 4.78 is 36.8. The van der Waals surface area contributed by atoms with Crippen molar-refractivity contribution in [2.24, 2.45) is 0 Å². The van der Waals surface area contributed by atoms with E-state index < -0.39 is 42.8 Å². The maximum absolute atomic E-state index is 13.3. The van der Waals surface area contributed by atoms with Crippen LogP contribution < -0.4 is 0 Å². The van der Waals surface area contributed by atoms with Crippen LogP contribution >= 0.6 is 0 Å². The average Bonchev–Trinajstić information content (AvgIpc) is 3.25. The van der Waals surface area contributed by atoms with Gasteiger partial charge in [-0.3, -0.25) is 14.9 Å². The zero-order chi connectivity index (χ0) is 24.0. The van der Waals surface area contributed by atoms with Crippen LogP contribution in [0, 0.1) is 10.1 Å². The number of ether oxygens (including phenoxy) is 2. The molecule has 0 bridgehead atoms. The van der Waals surface area contributed by atoms with E-state index in [4.69, 9.17) is 9.47 Å². The van der Waals surface area contributed by atoms with Crippen molar-refractivity contribution in [2.75, 3.05) is 7.11 Å². The van der Waals surface area contributed by atoms with E-state index in [1.54, 1.807) is 0 Å². The van der Waals surface area contributed by atoms with Crippen molar-refractivity contribution in [3.05, 3.63) is 51.8 Å². The Balaban J connectivity index is 1.60. The first-order chi connectivity index (χ1) is 15.6. The lowest BCUT2D eigenvalue weighted by Gasteiger charge is -2.36. The van der Waals surface area contributed by atoms with Gasteiger partial charge in [-0.2, -0.15) is 0 Å². The molecule has 0 aliphatic carbocycles. The van der Waals surface area contributed by atoms with E-state index in [-0.39, 0.29) is 31.9 Å². The maximum Gasteiger partial charge on any atom is 0.330 e. The fourth-order valence-corrected chi connectivity index (χ4v) is 6.53. The van der Waals surface area contributed by atoms with Crippen molar-refractivity contribution in [1.82, 2.24) is 19.9 Å². The number of aromatic nitrogens is 3. The lowest BCUT2D eigenvalue weighted by Crippen LogP contribution is -2.58. The predicted molar refractivity (Wildman–Crippen MR) is 110 cm³/mol. The SMILES string of the molecule is COCc1cnnn1C[C@@]1(C)[C@H](C(=O)OCc2ccc([N+](=O)[O-])cc2)N2C(=O)C[C@H]2S1(=O)=O. The third-order valence-electron chi connectivity index (χ3n) is 6.02. The van der Waals surface area contributed by atoms with Crippen LogP contribution in [0.4, 0.5) is 5.69 Å². The number of amides is 1. The largest absolute Gasteiger partial charge is 0.459 e. The lowest BCUT2D eigenvalue weighted by atomic mass is 9.96. The van der Waals surface area contributed by atoms with Gasteiger partial charge >= 0.3 is 5.97 Å². The first kappa shape index (κ1) is 22.8. The van der Waals surface area contributed by atoms with Gasteiger partial charge in [-0.15, -0.1) is 5.10 Å². The van der Waals surface area contributed by atoms with E-state index >= 15 is 0 Å². The van der Waals surface area contributed by atoms with Crippen molar-refractivity contribution < 1.29 is 32.4 Å². The maximum atomic E-state index is 13.3. The Morgan fingerprint density at radius 3 is 2.61 bits per heavy atom. The third kappa shape index (κ3) is 3.64. The number of hydrogen-bond donors (Lipinski definition) is 0. The Labute approximate surface area is 188 Å². The molecule has 0 unspecified atom stereocenters. The zero-order valence-electron chi connectivity index (χ0n) is 17.8. The number of carbonyl (C=O) groups is 2. The van der Waals surface area contributed by atoms with Crippen LogP contribution in [0.2, 0.25) is 0 Å². The molecule has 13 nitrogen and oxygen atoms in total. The number of rotatable bonds is 8. The number of nitro benzene ring substituents is 1. The van der Waals surface area contributed by atoms with Crippen molar-refractivity contribution in [3.8, 4) is 0 Å². The molecular weight excluding hydrogens is 458 g/mol. The number of benzene rings is 1. The first-order valence-electron chi connectivity index (χ1n) is 9.91. The molecule has 2 aliphatic heterocycles. The highest BCUT2D eigenvalue weighted by atomic mass is 32.2. The number of carbonyl (C=O) groups excluding carboxylic acids is 2. The molecule has 2 saturated heterocycles. The molecule has 3 heterocycles. The Hall–Kier alpha value is -3.39. The molecule has 2 aromatic rings. The van der Waals surface area contributed by atoms with Gasteiger partial charge in [0.05, 0.1) is 36.4 Å². The number of esters is 1. The summed E-state index contributed by atoms with van der Waals surface area (Å²) in [6, 6.07) is 4.01. The molecule has 0 saturated carbocycles. The van der Waals surface area contributed by atoms with Crippen LogP contribution in [-0.2, 0) is 48.7 Å². The van der Waals surface area contributed by atoms with Crippen molar-refractivity contribution in [3.63, 3.8) is 0 Å². The normalized spacial score (nSPS) is 25.4. The molecule has 4 rings (SSSR count). The minimum atomic E-state index is -3.96. The predicted octanol–water partition coefficient (Wildman–Crippen LogP) is 0.190. The van der Waals surface area contributed by atoms with Crippen LogP contribution in [0.5, 0.6) is 0 Å². The number of hydrogen-bond acceptors (Lipinski definition) is 10. The summed E-state index contributed by atoms with van der Waals surface area (Å²) in [6.45, 7) is 1.05. The van der Waals surface area contributed by atoms with Crippen molar-refractivity contribution >= 4 is 27.4 Å². The molecule has 14 heteroatoms. The Morgan fingerprint density at radius 2 is 2.00 bits per heavy atom. The molecule has 1 aromatic heterocycles. The third-order valence-corrected chi connectivity index (χ3v) is 8.78. The van der Waals surface area contributed by atoms with E-state index in [0.717, 1.165) is 4.90 Å². The molecule has 0 N–H and O–H groups in total. The van der Waals surface area contributed by atoms with E-state index in [0.29, 0.717) is 11.3 Å². The van der Waals surface area contributed by atoms with E-state index in [1.807, 2.05) is 0 Å². The van der Waals surface area contributed by atoms with Gasteiger partial charge in [-0.05, 0) is 24.6 Å². The van der Waals surface area contributed by atoms with E-state index in [1.165, 1.54) is 49.2 Å². The van der Waals surface area contributed by atoms with E-state index in [2.05, 4.69) is 10.3 Å². The summed E-state index contributed by atoms with van der Waals surface area (Å²) >= 11 is 0. The molecule has 1 aromatic carbocycles. The molecule has 33 heavy (non-hydrogen) atoms. The fraction of sp³-hybridized carbons (Fsp3) is 0.474. The Bertz CT molecular complexity index is 1210. The highest BCUT2D eigenvalue weighted by Gasteiger charge is 2.70. The quantitative estimate of drug-likeness (QED) is 0.221. The molecular formula is C19H21N5O8S. The average molecular weight is 479 g/mol. The van der Waals surface area contributed by atoms with Gasteiger partial charge in [0.2, 0.25) is 5.91 Å². The first-order valence-corrected chi connectivity index (χ1v) is 11.5. The number of non-ortho nitro benzene ring substituents is 1. The summed E-state index contributed by atoms with van der Waals surface area (Å²) in [7, 11) is -2.49. The molecule has 1 amide bonds. The second-order valence-corrected chi connectivity index (χ2v) is 10.6. The highest BCUT2D eigenvalue weighted by molar-refractivity contribution is 7.93. The number of β-lactam (4-membered cyclic amide) rings is 1. The van der Waals surface area contributed by atoms with Gasteiger partial charge in [-0.25, -0.2) is 17.9 Å². The van der Waals surface area contributed by atoms with Crippen molar-refractivity contribution in [2.45, 2.75) is 49.3 Å². The van der Waals surface area contributed by atoms with Gasteiger partial charge < -0.3 is 14.4 Å².